The van der Waals surface area contributed by atoms with E-state index in [-0.39, 0.29) is 0 Å². The smallest absolute Gasteiger partial charge is 0.0181 e. The van der Waals surface area contributed by atoms with E-state index in [2.05, 4.69) is 11.8 Å². The first-order chi connectivity index (χ1) is 4.81. The third-order valence-corrected chi connectivity index (χ3v) is 3.30. The molecule has 0 aromatic rings. The van der Waals surface area contributed by atoms with Gasteiger partial charge in [-0.25, -0.2) is 0 Å². The van der Waals surface area contributed by atoms with Crippen LogP contribution in [0.4, 0.5) is 0 Å². The Morgan fingerprint density at radius 1 is 1.00 bits per heavy atom. The van der Waals surface area contributed by atoms with E-state index in [0.717, 1.165) is 0 Å². The van der Waals surface area contributed by atoms with Gasteiger partial charge < -0.3 is 0 Å². The normalized spacial score (nSPS) is 32.1. The van der Waals surface area contributed by atoms with Gasteiger partial charge in [0.15, 0.2) is 0 Å². The van der Waals surface area contributed by atoms with Crippen LogP contribution >= 0.6 is 0 Å². The minimum Gasteiger partial charge on any atom is -0.298 e. The zero-order valence-corrected chi connectivity index (χ0v) is 6.90. The van der Waals surface area contributed by atoms with Gasteiger partial charge >= 0.3 is 0 Å². The molecular weight excluding hydrogens is 122 g/mol. The van der Waals surface area contributed by atoms with Crippen LogP contribution in [-0.4, -0.2) is 23.5 Å². The van der Waals surface area contributed by atoms with Crippen LogP contribution in [0.25, 0.3) is 0 Å². The molecule has 1 saturated carbocycles. The fourth-order valence-corrected chi connectivity index (χ4v) is 2.26. The number of likely N-dealkylation sites (tertiary alicyclic amines) is 1. The predicted molar refractivity (Wildman–Crippen MR) is 43.1 cm³/mol. The molecule has 2 aliphatic rings. The Balaban J connectivity index is 1.96. The Labute approximate surface area is 63.4 Å². The van der Waals surface area contributed by atoms with E-state index in [1.165, 1.54) is 45.2 Å². The summed E-state index contributed by atoms with van der Waals surface area (Å²) < 4.78 is 0. The van der Waals surface area contributed by atoms with E-state index in [4.69, 9.17) is 0 Å². The van der Waals surface area contributed by atoms with Gasteiger partial charge in [0, 0.05) is 5.54 Å². The van der Waals surface area contributed by atoms with Crippen molar-refractivity contribution in [3.8, 4) is 0 Å². The third kappa shape index (κ3) is 0.878. The third-order valence-electron chi connectivity index (χ3n) is 3.30. The SMILES string of the molecule is CC1(N2CCCC2)CCC1. The molecule has 2 fully saturated rings. The summed E-state index contributed by atoms with van der Waals surface area (Å²) in [6.07, 6.45) is 7.25. The lowest BCUT2D eigenvalue weighted by atomic mass is 9.77. The summed E-state index contributed by atoms with van der Waals surface area (Å²) in [6.45, 7) is 5.18. The molecule has 0 atom stereocenters. The van der Waals surface area contributed by atoms with Gasteiger partial charge in [-0.05, 0) is 52.1 Å². The minimum atomic E-state index is 0.635. The van der Waals surface area contributed by atoms with E-state index < -0.39 is 0 Å². The summed E-state index contributed by atoms with van der Waals surface area (Å²) in [7, 11) is 0. The molecule has 1 saturated heterocycles. The molecule has 0 amide bonds. The molecule has 0 aromatic carbocycles. The molecule has 0 spiro atoms. The molecule has 0 N–H and O–H groups in total. The number of hydrogen-bond acceptors (Lipinski definition) is 1. The lowest BCUT2D eigenvalue weighted by Crippen LogP contribution is -2.49. The number of nitrogens with zero attached hydrogens (tertiary/aromatic N) is 1. The van der Waals surface area contributed by atoms with Crippen LogP contribution in [0.3, 0.4) is 0 Å². The molecule has 0 unspecified atom stereocenters. The molecule has 1 heterocycles. The first-order valence-electron chi connectivity index (χ1n) is 4.56. The first kappa shape index (κ1) is 6.66. The highest BCUT2D eigenvalue weighted by Gasteiger charge is 2.38. The topological polar surface area (TPSA) is 3.24 Å². The van der Waals surface area contributed by atoms with Crippen LogP contribution in [0, 0.1) is 0 Å². The number of rotatable bonds is 1. The Hall–Kier alpha value is -0.0400. The summed E-state index contributed by atoms with van der Waals surface area (Å²) >= 11 is 0. The van der Waals surface area contributed by atoms with E-state index in [0.29, 0.717) is 5.54 Å². The van der Waals surface area contributed by atoms with E-state index >= 15 is 0 Å². The highest BCUT2D eigenvalue weighted by molar-refractivity contribution is 4.95. The largest absolute Gasteiger partial charge is 0.298 e. The minimum absolute atomic E-state index is 0.635. The maximum absolute atomic E-state index is 2.69. The molecule has 1 nitrogen and oxygen atoms in total. The Morgan fingerprint density at radius 3 is 2.00 bits per heavy atom. The molecule has 2 rings (SSSR count). The van der Waals surface area contributed by atoms with E-state index in [1.54, 1.807) is 0 Å². The second-order valence-corrected chi connectivity index (χ2v) is 4.04. The molecule has 0 radical (unpaired) electrons. The summed E-state index contributed by atoms with van der Waals surface area (Å²) in [5, 5.41) is 0. The lowest BCUT2D eigenvalue weighted by Gasteiger charge is -2.46. The first-order valence-corrected chi connectivity index (χ1v) is 4.56. The Kier molecular flexibility index (Phi) is 1.48. The van der Waals surface area contributed by atoms with Crippen LogP contribution in [0.1, 0.15) is 39.0 Å². The van der Waals surface area contributed by atoms with Crippen LogP contribution in [0.5, 0.6) is 0 Å². The maximum Gasteiger partial charge on any atom is 0.0181 e. The summed E-state index contributed by atoms with van der Waals surface area (Å²) in [5.74, 6) is 0. The average molecular weight is 139 g/mol. The van der Waals surface area contributed by atoms with Crippen molar-refractivity contribution in [2.45, 2.75) is 44.6 Å². The van der Waals surface area contributed by atoms with Gasteiger partial charge in [0.1, 0.15) is 0 Å². The summed E-state index contributed by atoms with van der Waals surface area (Å²) in [4.78, 5) is 2.69. The maximum atomic E-state index is 2.69. The Bertz CT molecular complexity index is 121. The molecule has 1 aliphatic carbocycles. The average Bonchev–Trinajstić information content (AvgIpc) is 2.33. The van der Waals surface area contributed by atoms with Crippen molar-refractivity contribution in [1.29, 1.82) is 0 Å². The van der Waals surface area contributed by atoms with Gasteiger partial charge in [-0.1, -0.05) is 0 Å². The molecule has 10 heavy (non-hydrogen) atoms. The fourth-order valence-electron chi connectivity index (χ4n) is 2.26. The van der Waals surface area contributed by atoms with Crippen molar-refractivity contribution in [2.24, 2.45) is 0 Å². The molecule has 1 aliphatic heterocycles. The highest BCUT2D eigenvalue weighted by atomic mass is 15.2. The zero-order valence-electron chi connectivity index (χ0n) is 6.90. The molecule has 1 heteroatoms. The zero-order chi connectivity index (χ0) is 7.03. The molecule has 58 valence electrons. The lowest BCUT2D eigenvalue weighted by molar-refractivity contribution is 0.0544. The molecule has 0 bridgehead atoms. The van der Waals surface area contributed by atoms with Crippen LogP contribution in [-0.2, 0) is 0 Å². The van der Waals surface area contributed by atoms with Crippen LogP contribution < -0.4 is 0 Å². The van der Waals surface area contributed by atoms with Crippen molar-refractivity contribution in [1.82, 2.24) is 4.90 Å². The second kappa shape index (κ2) is 2.23. The van der Waals surface area contributed by atoms with Crippen molar-refractivity contribution in [2.75, 3.05) is 13.1 Å². The van der Waals surface area contributed by atoms with Gasteiger partial charge in [-0.2, -0.15) is 0 Å². The summed E-state index contributed by atoms with van der Waals surface area (Å²) in [6, 6.07) is 0. The summed E-state index contributed by atoms with van der Waals surface area (Å²) in [5.41, 5.74) is 0.635. The fraction of sp³-hybridized carbons (Fsp3) is 1.00. The molecular formula is C9H17N. The van der Waals surface area contributed by atoms with Crippen molar-refractivity contribution < 1.29 is 0 Å². The van der Waals surface area contributed by atoms with Gasteiger partial charge in [0.05, 0.1) is 0 Å². The van der Waals surface area contributed by atoms with Crippen molar-refractivity contribution in [3.63, 3.8) is 0 Å². The number of hydrogen-bond donors (Lipinski definition) is 0. The van der Waals surface area contributed by atoms with E-state index in [1.807, 2.05) is 0 Å². The van der Waals surface area contributed by atoms with E-state index in [9.17, 15) is 0 Å². The van der Waals surface area contributed by atoms with Crippen LogP contribution in [0.15, 0.2) is 0 Å². The van der Waals surface area contributed by atoms with Gasteiger partial charge in [-0.3, -0.25) is 4.90 Å². The Morgan fingerprint density at radius 2 is 1.60 bits per heavy atom. The highest BCUT2D eigenvalue weighted by Crippen LogP contribution is 2.38. The standard InChI is InChI=1S/C9H17N/c1-9(5-4-6-9)10-7-2-3-8-10/h2-8H2,1H3. The van der Waals surface area contributed by atoms with Gasteiger partial charge in [-0.15, -0.1) is 0 Å². The predicted octanol–water partition coefficient (Wildman–Crippen LogP) is 2.02. The van der Waals surface area contributed by atoms with Gasteiger partial charge in [0.2, 0.25) is 0 Å². The van der Waals surface area contributed by atoms with Crippen molar-refractivity contribution >= 4 is 0 Å². The monoisotopic (exact) mass is 139 g/mol. The van der Waals surface area contributed by atoms with Crippen LogP contribution in [0.2, 0.25) is 0 Å². The molecule has 0 aromatic heterocycles. The second-order valence-electron chi connectivity index (χ2n) is 4.04. The van der Waals surface area contributed by atoms with Gasteiger partial charge in [0.25, 0.3) is 0 Å². The van der Waals surface area contributed by atoms with Crippen molar-refractivity contribution in [3.05, 3.63) is 0 Å². The quantitative estimate of drug-likeness (QED) is 0.537.